The van der Waals surface area contributed by atoms with Crippen LogP contribution < -0.4 is 5.73 Å². The minimum atomic E-state index is 0.426. The second-order valence-electron chi connectivity index (χ2n) is 7.76. The smallest absolute Gasteiger partial charge is 0.240 e. The van der Waals surface area contributed by atoms with Gasteiger partial charge in [-0.3, -0.25) is 0 Å². The van der Waals surface area contributed by atoms with Gasteiger partial charge in [-0.2, -0.15) is 9.98 Å². The second kappa shape index (κ2) is 21.6. The number of hydrogen-bond donors (Lipinski definition) is 1. The van der Waals surface area contributed by atoms with Gasteiger partial charge in [0.25, 0.3) is 0 Å². The van der Waals surface area contributed by atoms with Crippen LogP contribution in [0.15, 0.2) is 28.2 Å². The molecule has 0 aromatic heterocycles. The Labute approximate surface area is 183 Å². The number of unbranched alkanes of at least 4 members (excludes halogenated alkanes) is 13. The van der Waals surface area contributed by atoms with E-state index in [2.05, 4.69) is 16.9 Å². The molecule has 5 heteroatoms. The number of nitrogens with zero attached hydrogens (tertiary/aromatic N) is 2. The molecular weight excluding hydrogens is 374 g/mol. The Kier molecular flexibility index (Phi) is 20.2. The van der Waals surface area contributed by atoms with Gasteiger partial charge in [0.05, 0.1) is 11.4 Å². The van der Waals surface area contributed by atoms with Gasteiger partial charge in [0, 0.05) is 0 Å². The molecule has 168 valence electrons. The zero-order valence-electron chi connectivity index (χ0n) is 19.1. The highest BCUT2D eigenvalue weighted by atomic mass is 16.1. The van der Waals surface area contributed by atoms with Gasteiger partial charge in [0.1, 0.15) is 0 Å². The molecule has 30 heavy (non-hydrogen) atoms. The molecule has 0 aliphatic carbocycles. The standard InChI is InChI=1S/C16H35N.C9H6N2O2/c1-2-3-4-5-6-7-8-9-10-11-12-13-14-15-16-17;1-7-2-3-8(10-5-12)4-9(7)11-6-13/h2-17H2,1H3;2-4H,1H3. The maximum absolute atomic E-state index is 10.00. The van der Waals surface area contributed by atoms with Crippen molar-refractivity contribution < 1.29 is 9.59 Å². The Balaban J connectivity index is 0.000000579. The van der Waals surface area contributed by atoms with Crippen LogP contribution in [0.5, 0.6) is 0 Å². The Morgan fingerprint density at radius 2 is 1.20 bits per heavy atom. The lowest BCUT2D eigenvalue weighted by atomic mass is 10.0. The predicted octanol–water partition coefficient (Wildman–Crippen LogP) is 7.36. The minimum absolute atomic E-state index is 0.426. The summed E-state index contributed by atoms with van der Waals surface area (Å²) in [7, 11) is 0. The van der Waals surface area contributed by atoms with Crippen LogP contribution in [0.25, 0.3) is 0 Å². The van der Waals surface area contributed by atoms with Crippen molar-refractivity contribution in [2.45, 2.75) is 104 Å². The van der Waals surface area contributed by atoms with E-state index in [9.17, 15) is 9.59 Å². The number of nitrogens with two attached hydrogens (primary N) is 1. The van der Waals surface area contributed by atoms with Crippen LogP contribution in [-0.4, -0.2) is 18.7 Å². The maximum atomic E-state index is 10.00. The van der Waals surface area contributed by atoms with Crippen molar-refractivity contribution >= 4 is 23.5 Å². The van der Waals surface area contributed by atoms with Gasteiger partial charge in [0.15, 0.2) is 0 Å². The molecule has 5 nitrogen and oxygen atoms in total. The molecule has 0 fully saturated rings. The van der Waals surface area contributed by atoms with Gasteiger partial charge >= 0.3 is 0 Å². The van der Waals surface area contributed by atoms with Crippen molar-refractivity contribution in [3.05, 3.63) is 23.8 Å². The molecule has 1 aromatic rings. The van der Waals surface area contributed by atoms with Crippen molar-refractivity contribution in [3.8, 4) is 0 Å². The van der Waals surface area contributed by atoms with Crippen LogP contribution in [0.4, 0.5) is 11.4 Å². The molecule has 0 amide bonds. The number of aryl methyl sites for hydroxylation is 1. The molecule has 1 aromatic carbocycles. The first-order valence-electron chi connectivity index (χ1n) is 11.7. The average molecular weight is 416 g/mol. The fourth-order valence-electron chi connectivity index (χ4n) is 3.23. The lowest BCUT2D eigenvalue weighted by Gasteiger charge is -2.02. The molecule has 2 N–H and O–H groups in total. The van der Waals surface area contributed by atoms with Crippen LogP contribution in [-0.2, 0) is 9.59 Å². The van der Waals surface area contributed by atoms with Crippen LogP contribution in [0.2, 0.25) is 0 Å². The lowest BCUT2D eigenvalue weighted by molar-refractivity contribution is 0.536. The fraction of sp³-hybridized carbons (Fsp3) is 0.680. The molecule has 0 saturated carbocycles. The topological polar surface area (TPSA) is 84.9 Å². The molecule has 0 bridgehead atoms. The molecule has 0 aliphatic rings. The zero-order valence-corrected chi connectivity index (χ0v) is 19.1. The molecular formula is C25H41N3O2. The van der Waals surface area contributed by atoms with Gasteiger partial charge in [-0.1, -0.05) is 96.5 Å². The molecule has 1 rings (SSSR count). The predicted molar refractivity (Wildman–Crippen MR) is 126 cm³/mol. The summed E-state index contributed by atoms with van der Waals surface area (Å²) in [5.74, 6) is 0. The van der Waals surface area contributed by atoms with Crippen molar-refractivity contribution in [1.29, 1.82) is 0 Å². The maximum Gasteiger partial charge on any atom is 0.240 e. The minimum Gasteiger partial charge on any atom is -0.330 e. The number of hydrogen-bond acceptors (Lipinski definition) is 5. The highest BCUT2D eigenvalue weighted by Crippen LogP contribution is 2.23. The third kappa shape index (κ3) is 16.9. The van der Waals surface area contributed by atoms with Crippen LogP contribution in [0, 0.1) is 6.92 Å². The van der Waals surface area contributed by atoms with Crippen molar-refractivity contribution in [1.82, 2.24) is 0 Å². The molecule has 0 heterocycles. The van der Waals surface area contributed by atoms with E-state index in [1.807, 2.05) is 0 Å². The van der Waals surface area contributed by atoms with Crippen LogP contribution in [0.3, 0.4) is 0 Å². The first-order valence-corrected chi connectivity index (χ1v) is 11.7. The normalized spacial score (nSPS) is 9.83. The first kappa shape index (κ1) is 27.9. The lowest BCUT2D eigenvalue weighted by Crippen LogP contribution is -1.97. The highest BCUT2D eigenvalue weighted by molar-refractivity contribution is 5.61. The van der Waals surface area contributed by atoms with Crippen LogP contribution in [0.1, 0.15) is 102 Å². The SMILES string of the molecule is CCCCCCCCCCCCCCCCN.Cc1ccc(N=C=O)cc1N=C=O. The summed E-state index contributed by atoms with van der Waals surface area (Å²) in [5.41, 5.74) is 7.18. The summed E-state index contributed by atoms with van der Waals surface area (Å²) in [6.45, 7) is 4.95. The van der Waals surface area contributed by atoms with E-state index in [1.54, 1.807) is 19.1 Å². The van der Waals surface area contributed by atoms with Gasteiger partial charge in [-0.05, 0) is 37.6 Å². The summed E-state index contributed by atoms with van der Waals surface area (Å²) < 4.78 is 0. The monoisotopic (exact) mass is 415 g/mol. The number of benzene rings is 1. The van der Waals surface area contributed by atoms with E-state index in [0.29, 0.717) is 11.4 Å². The van der Waals surface area contributed by atoms with Gasteiger partial charge < -0.3 is 5.73 Å². The third-order valence-electron chi connectivity index (χ3n) is 5.09. The molecule has 0 aliphatic heterocycles. The van der Waals surface area contributed by atoms with Crippen molar-refractivity contribution in [3.63, 3.8) is 0 Å². The van der Waals surface area contributed by atoms with Gasteiger partial charge in [0.2, 0.25) is 12.2 Å². The van der Waals surface area contributed by atoms with Gasteiger partial charge in [-0.15, -0.1) is 0 Å². The summed E-state index contributed by atoms with van der Waals surface area (Å²) in [6, 6.07) is 4.88. The average Bonchev–Trinajstić information content (AvgIpc) is 2.75. The van der Waals surface area contributed by atoms with E-state index in [0.717, 1.165) is 12.1 Å². The van der Waals surface area contributed by atoms with E-state index in [4.69, 9.17) is 5.73 Å². The van der Waals surface area contributed by atoms with Crippen molar-refractivity contribution in [2.24, 2.45) is 15.7 Å². The van der Waals surface area contributed by atoms with Crippen LogP contribution >= 0.6 is 0 Å². The molecule has 0 spiro atoms. The molecule has 0 atom stereocenters. The summed E-state index contributed by atoms with van der Waals surface area (Å²) in [4.78, 5) is 26.8. The number of carbonyl (C=O) groups excluding carboxylic acids is 2. The van der Waals surface area contributed by atoms with E-state index < -0.39 is 0 Å². The summed E-state index contributed by atoms with van der Waals surface area (Å²) in [6.07, 6.45) is 22.7. The Bertz CT molecular complexity index is 619. The van der Waals surface area contributed by atoms with E-state index in [-0.39, 0.29) is 0 Å². The quantitative estimate of drug-likeness (QED) is 0.174. The molecule has 0 saturated heterocycles. The summed E-state index contributed by atoms with van der Waals surface area (Å²) >= 11 is 0. The zero-order chi connectivity index (χ0) is 22.3. The number of aliphatic imine (C=N–C) groups is 2. The molecule has 0 radical (unpaired) electrons. The third-order valence-corrected chi connectivity index (χ3v) is 5.09. The number of isocyanates is 2. The molecule has 0 unspecified atom stereocenters. The summed E-state index contributed by atoms with van der Waals surface area (Å²) in [5, 5.41) is 0. The number of rotatable bonds is 16. The fourth-order valence-corrected chi connectivity index (χ4v) is 3.23. The largest absolute Gasteiger partial charge is 0.330 e. The second-order valence-corrected chi connectivity index (χ2v) is 7.76. The Hall–Kier alpha value is -2.06. The van der Waals surface area contributed by atoms with Gasteiger partial charge in [-0.25, -0.2) is 9.59 Å². The Morgan fingerprint density at radius 1 is 0.733 bits per heavy atom. The highest BCUT2D eigenvalue weighted by Gasteiger charge is 1.97. The van der Waals surface area contributed by atoms with E-state index >= 15 is 0 Å². The first-order chi connectivity index (χ1) is 14.7. The van der Waals surface area contributed by atoms with E-state index in [1.165, 1.54) is 108 Å². The Morgan fingerprint density at radius 3 is 1.63 bits per heavy atom. The van der Waals surface area contributed by atoms with Crippen molar-refractivity contribution in [2.75, 3.05) is 6.54 Å².